The van der Waals surface area contributed by atoms with Gasteiger partial charge in [-0.3, -0.25) is 14.9 Å². The monoisotopic (exact) mass is 250 g/mol. The van der Waals surface area contributed by atoms with Crippen LogP contribution in [0.3, 0.4) is 0 Å². The average Bonchev–Trinajstić information content (AvgIpc) is 2.26. The highest BCUT2D eigenvalue weighted by Gasteiger charge is 2.23. The molecule has 0 atom stereocenters. The first-order chi connectivity index (χ1) is 8.32. The molecule has 18 heavy (non-hydrogen) atoms. The Balaban J connectivity index is 3.15. The van der Waals surface area contributed by atoms with Crippen molar-refractivity contribution in [3.8, 4) is 5.75 Å². The zero-order valence-corrected chi connectivity index (χ0v) is 10.2. The second-order valence-corrected chi connectivity index (χ2v) is 4.08. The molecule has 0 aliphatic carbocycles. The van der Waals surface area contributed by atoms with Gasteiger partial charge >= 0.3 is 0 Å². The van der Waals surface area contributed by atoms with E-state index >= 15 is 0 Å². The van der Waals surface area contributed by atoms with Crippen LogP contribution in [0.5, 0.6) is 5.75 Å². The summed E-state index contributed by atoms with van der Waals surface area (Å²) < 4.78 is 0. The second-order valence-electron chi connectivity index (χ2n) is 4.08. The van der Waals surface area contributed by atoms with Crippen LogP contribution in [0.4, 0.5) is 5.69 Å². The Bertz CT molecular complexity index is 511. The molecular formula is C12H14N2O4. The van der Waals surface area contributed by atoms with Crippen molar-refractivity contribution in [1.82, 2.24) is 4.90 Å². The summed E-state index contributed by atoms with van der Waals surface area (Å²) in [6.07, 6.45) is 0. The fourth-order valence-electron chi connectivity index (χ4n) is 1.54. The van der Waals surface area contributed by atoms with Gasteiger partial charge in [0.05, 0.1) is 4.92 Å². The maximum atomic E-state index is 12.0. The molecule has 1 aromatic carbocycles. The molecule has 1 rings (SSSR count). The summed E-state index contributed by atoms with van der Waals surface area (Å²) in [5, 5.41) is 20.1. The van der Waals surface area contributed by atoms with Gasteiger partial charge < -0.3 is 10.0 Å². The molecule has 0 aliphatic heterocycles. The SMILES string of the molecule is C=C(C)CN(C)C(=O)c1cc(O)ccc1[N+](=O)[O-]. The number of hydrogen-bond acceptors (Lipinski definition) is 4. The van der Waals surface area contributed by atoms with Crippen molar-refractivity contribution >= 4 is 11.6 Å². The summed E-state index contributed by atoms with van der Waals surface area (Å²) in [7, 11) is 1.52. The first kappa shape index (κ1) is 13.7. The van der Waals surface area contributed by atoms with E-state index in [4.69, 9.17) is 0 Å². The number of benzene rings is 1. The molecule has 0 saturated carbocycles. The Labute approximate surface area is 104 Å². The largest absolute Gasteiger partial charge is 0.508 e. The summed E-state index contributed by atoms with van der Waals surface area (Å²) in [6.45, 7) is 5.72. The van der Waals surface area contributed by atoms with Crippen LogP contribution in [0.1, 0.15) is 17.3 Å². The first-order valence-electron chi connectivity index (χ1n) is 5.20. The smallest absolute Gasteiger partial charge is 0.282 e. The lowest BCUT2D eigenvalue weighted by Crippen LogP contribution is -2.28. The van der Waals surface area contributed by atoms with Gasteiger partial charge in [-0.2, -0.15) is 0 Å². The summed E-state index contributed by atoms with van der Waals surface area (Å²) in [4.78, 5) is 23.5. The van der Waals surface area contributed by atoms with Crippen LogP contribution < -0.4 is 0 Å². The summed E-state index contributed by atoms with van der Waals surface area (Å²) in [6, 6.07) is 3.38. The molecule has 0 spiro atoms. The van der Waals surface area contributed by atoms with E-state index in [0.29, 0.717) is 6.54 Å². The topological polar surface area (TPSA) is 83.7 Å². The molecule has 0 saturated heterocycles. The zero-order chi connectivity index (χ0) is 13.9. The minimum absolute atomic E-state index is 0.135. The number of nitrogens with zero attached hydrogens (tertiary/aromatic N) is 2. The Morgan fingerprint density at radius 2 is 2.17 bits per heavy atom. The quantitative estimate of drug-likeness (QED) is 0.503. The molecule has 0 fully saturated rings. The van der Waals surface area contributed by atoms with Crippen LogP contribution >= 0.6 is 0 Å². The number of nitro benzene ring substituents is 1. The number of rotatable bonds is 4. The number of carbonyl (C=O) groups excluding carboxylic acids is 1. The Morgan fingerprint density at radius 3 is 2.67 bits per heavy atom. The first-order valence-corrected chi connectivity index (χ1v) is 5.20. The van der Waals surface area contributed by atoms with Gasteiger partial charge in [-0.05, 0) is 19.1 Å². The van der Waals surface area contributed by atoms with Gasteiger partial charge in [-0.1, -0.05) is 12.2 Å². The summed E-state index contributed by atoms with van der Waals surface area (Å²) in [5.74, 6) is -0.715. The van der Waals surface area contributed by atoms with Gasteiger partial charge in [0.15, 0.2) is 0 Å². The van der Waals surface area contributed by atoms with E-state index in [2.05, 4.69) is 6.58 Å². The molecule has 0 aliphatic rings. The van der Waals surface area contributed by atoms with Crippen molar-refractivity contribution in [2.24, 2.45) is 0 Å². The molecule has 1 N–H and O–H groups in total. The van der Waals surface area contributed by atoms with Gasteiger partial charge in [0.2, 0.25) is 0 Å². The minimum atomic E-state index is -0.652. The van der Waals surface area contributed by atoms with Gasteiger partial charge in [-0.25, -0.2) is 0 Å². The van der Waals surface area contributed by atoms with Crippen molar-refractivity contribution in [2.75, 3.05) is 13.6 Å². The predicted octanol–water partition coefficient (Wildman–Crippen LogP) is 1.95. The molecule has 0 aromatic heterocycles. The minimum Gasteiger partial charge on any atom is -0.508 e. The van der Waals surface area contributed by atoms with E-state index in [-0.39, 0.29) is 17.0 Å². The number of phenols is 1. The van der Waals surface area contributed by atoms with E-state index in [1.54, 1.807) is 6.92 Å². The van der Waals surface area contributed by atoms with Crippen LogP contribution in [0.25, 0.3) is 0 Å². The maximum Gasteiger partial charge on any atom is 0.282 e. The third-order valence-electron chi connectivity index (χ3n) is 2.26. The highest BCUT2D eigenvalue weighted by atomic mass is 16.6. The maximum absolute atomic E-state index is 12.0. The van der Waals surface area contributed by atoms with Gasteiger partial charge in [0.1, 0.15) is 11.3 Å². The second kappa shape index (κ2) is 5.31. The molecule has 96 valence electrons. The van der Waals surface area contributed by atoms with Crippen molar-refractivity contribution in [2.45, 2.75) is 6.92 Å². The van der Waals surface area contributed by atoms with Crippen LogP contribution in [0, 0.1) is 10.1 Å². The molecule has 6 heteroatoms. The molecule has 0 unspecified atom stereocenters. The van der Waals surface area contributed by atoms with Gasteiger partial charge in [0.25, 0.3) is 11.6 Å². The predicted molar refractivity (Wildman–Crippen MR) is 66.5 cm³/mol. The van der Waals surface area contributed by atoms with Crippen LogP contribution in [-0.4, -0.2) is 34.4 Å². The number of carbonyl (C=O) groups is 1. The lowest BCUT2D eigenvalue weighted by atomic mass is 10.1. The number of hydrogen-bond donors (Lipinski definition) is 1. The number of nitro groups is 1. The number of aromatic hydroxyl groups is 1. The number of amides is 1. The molecule has 0 bridgehead atoms. The molecule has 0 heterocycles. The third kappa shape index (κ3) is 3.07. The van der Waals surface area contributed by atoms with Crippen molar-refractivity contribution in [1.29, 1.82) is 0 Å². The summed E-state index contributed by atoms with van der Waals surface area (Å²) in [5.41, 5.74) is 0.295. The Kier molecular flexibility index (Phi) is 4.04. The Hall–Kier alpha value is -2.37. The van der Waals surface area contributed by atoms with E-state index in [1.807, 2.05) is 0 Å². The lowest BCUT2D eigenvalue weighted by molar-refractivity contribution is -0.385. The highest BCUT2D eigenvalue weighted by molar-refractivity contribution is 5.98. The third-order valence-corrected chi connectivity index (χ3v) is 2.26. The number of phenolic OH excluding ortho intramolecular Hbond substituents is 1. The molecule has 1 amide bonds. The van der Waals surface area contributed by atoms with E-state index in [9.17, 15) is 20.0 Å². The zero-order valence-electron chi connectivity index (χ0n) is 10.2. The fourth-order valence-corrected chi connectivity index (χ4v) is 1.54. The summed E-state index contributed by atoms with van der Waals surface area (Å²) >= 11 is 0. The lowest BCUT2D eigenvalue weighted by Gasteiger charge is -2.17. The molecule has 6 nitrogen and oxygen atoms in total. The molecule has 1 aromatic rings. The van der Waals surface area contributed by atoms with Gasteiger partial charge in [-0.15, -0.1) is 0 Å². The molecular weight excluding hydrogens is 236 g/mol. The van der Waals surface area contributed by atoms with Crippen LogP contribution in [0.15, 0.2) is 30.4 Å². The van der Waals surface area contributed by atoms with Crippen LogP contribution in [-0.2, 0) is 0 Å². The van der Waals surface area contributed by atoms with Crippen molar-refractivity contribution in [3.63, 3.8) is 0 Å². The van der Waals surface area contributed by atoms with E-state index in [0.717, 1.165) is 17.7 Å². The number of likely N-dealkylation sites (N-methyl/N-ethyl adjacent to an activating group) is 1. The highest BCUT2D eigenvalue weighted by Crippen LogP contribution is 2.24. The average molecular weight is 250 g/mol. The Morgan fingerprint density at radius 1 is 1.56 bits per heavy atom. The van der Waals surface area contributed by atoms with Crippen molar-refractivity contribution < 1.29 is 14.8 Å². The van der Waals surface area contributed by atoms with E-state index in [1.165, 1.54) is 18.0 Å². The van der Waals surface area contributed by atoms with Crippen molar-refractivity contribution in [3.05, 3.63) is 46.0 Å². The fraction of sp³-hybridized carbons (Fsp3) is 0.250. The van der Waals surface area contributed by atoms with Gasteiger partial charge in [0, 0.05) is 19.7 Å². The normalized spacial score (nSPS) is 9.89. The van der Waals surface area contributed by atoms with Crippen LogP contribution in [0.2, 0.25) is 0 Å². The standard InChI is InChI=1S/C12H14N2O4/c1-8(2)7-13(3)12(16)10-6-9(15)4-5-11(10)14(17)18/h4-6,15H,1,7H2,2-3H3. The van der Waals surface area contributed by atoms with E-state index < -0.39 is 10.8 Å². The molecule has 0 radical (unpaired) electrons.